The number of halogens is 3. The number of hydrogen-bond acceptors (Lipinski definition) is 4. The van der Waals surface area contributed by atoms with Crippen LogP contribution in [0.5, 0.6) is 0 Å². The second-order valence-corrected chi connectivity index (χ2v) is 9.14. The molecule has 0 saturated carbocycles. The maximum atomic E-state index is 15.7. The molecule has 0 aliphatic carbocycles. The summed E-state index contributed by atoms with van der Waals surface area (Å²) in [7, 11) is -3.19. The Hall–Kier alpha value is -3.66. The number of benzene rings is 2. The number of hydrogen-bond donors (Lipinski definition) is 0. The van der Waals surface area contributed by atoms with Crippen molar-refractivity contribution in [3.63, 3.8) is 0 Å². The number of anilines is 1. The summed E-state index contributed by atoms with van der Waals surface area (Å²) in [5, 5.41) is 4.33. The largest absolute Gasteiger partial charge is 0.272 e. The molecule has 0 atom stereocenters. The summed E-state index contributed by atoms with van der Waals surface area (Å²) in [5.74, 6) is -2.75. The fraction of sp³-hybridized carbons (Fsp3) is 0.130. The molecule has 0 spiro atoms. The molecule has 10 heteroatoms. The van der Waals surface area contributed by atoms with E-state index in [1.807, 2.05) is 6.92 Å². The van der Waals surface area contributed by atoms with Crippen molar-refractivity contribution in [3.8, 4) is 22.4 Å². The lowest BCUT2D eigenvalue weighted by Gasteiger charge is -2.21. The van der Waals surface area contributed by atoms with E-state index in [2.05, 4.69) is 10.1 Å². The van der Waals surface area contributed by atoms with E-state index in [0.717, 1.165) is 31.3 Å². The van der Waals surface area contributed by atoms with Crippen LogP contribution in [0.4, 0.5) is 18.9 Å². The third kappa shape index (κ3) is 4.09. The Morgan fingerprint density at radius 1 is 1.03 bits per heavy atom. The Labute approximate surface area is 189 Å². The molecule has 0 aliphatic rings. The van der Waals surface area contributed by atoms with Crippen LogP contribution in [0, 0.1) is 17.5 Å². The van der Waals surface area contributed by atoms with E-state index in [1.54, 1.807) is 30.7 Å². The SMILES string of the molecule is CCn1cc(-c2ccncc2)c(-c2c(F)ccc(N(C)S(=O)(=O)c3cccc(F)c3)c2F)n1. The van der Waals surface area contributed by atoms with Crippen LogP contribution >= 0.6 is 0 Å². The molecule has 0 unspecified atom stereocenters. The van der Waals surface area contributed by atoms with Gasteiger partial charge in [-0.1, -0.05) is 6.07 Å². The molecular weight excluding hydrogens is 453 g/mol. The van der Waals surface area contributed by atoms with Crippen molar-refractivity contribution in [1.29, 1.82) is 0 Å². The fourth-order valence-corrected chi connectivity index (χ4v) is 4.66. The van der Waals surface area contributed by atoms with Crippen molar-refractivity contribution in [2.45, 2.75) is 18.4 Å². The van der Waals surface area contributed by atoms with E-state index in [4.69, 9.17) is 0 Å². The van der Waals surface area contributed by atoms with Crippen LogP contribution in [0.2, 0.25) is 0 Å². The summed E-state index contributed by atoms with van der Waals surface area (Å²) < 4.78 is 72.4. The molecule has 0 bridgehead atoms. The van der Waals surface area contributed by atoms with Gasteiger partial charge in [0.25, 0.3) is 10.0 Å². The van der Waals surface area contributed by atoms with E-state index in [1.165, 1.54) is 16.8 Å². The summed E-state index contributed by atoms with van der Waals surface area (Å²) >= 11 is 0. The highest BCUT2D eigenvalue weighted by atomic mass is 32.2. The average Bonchev–Trinajstić information content (AvgIpc) is 3.23. The van der Waals surface area contributed by atoms with E-state index in [0.29, 0.717) is 22.0 Å². The number of aromatic nitrogens is 3. The van der Waals surface area contributed by atoms with Crippen LogP contribution in [0.1, 0.15) is 6.92 Å². The van der Waals surface area contributed by atoms with Gasteiger partial charge in [0.2, 0.25) is 0 Å². The monoisotopic (exact) mass is 472 g/mol. The third-order valence-corrected chi connectivity index (χ3v) is 6.95. The summed E-state index contributed by atoms with van der Waals surface area (Å²) in [5.41, 5.74) is 0.265. The zero-order chi connectivity index (χ0) is 23.8. The molecule has 0 N–H and O–H groups in total. The molecular formula is C23H19F3N4O2S. The van der Waals surface area contributed by atoms with Crippen LogP contribution in [-0.2, 0) is 16.6 Å². The Balaban J connectivity index is 1.88. The lowest BCUT2D eigenvalue weighted by Crippen LogP contribution is -2.27. The maximum Gasteiger partial charge on any atom is 0.264 e. The molecule has 4 aromatic rings. The molecule has 33 heavy (non-hydrogen) atoms. The topological polar surface area (TPSA) is 68.1 Å². The standard InChI is InChI=1S/C23H19F3N4O2S/c1-3-30-14-18(15-9-11-27-12-10-15)23(28-30)21-19(25)7-8-20(22(21)26)29(2)33(31,32)17-6-4-5-16(24)13-17/h4-14H,3H2,1-2H3. The Morgan fingerprint density at radius 3 is 2.42 bits per heavy atom. The highest BCUT2D eigenvalue weighted by Gasteiger charge is 2.28. The molecule has 0 fully saturated rings. The van der Waals surface area contributed by atoms with Gasteiger partial charge in [-0.15, -0.1) is 0 Å². The minimum absolute atomic E-state index is 0.0245. The van der Waals surface area contributed by atoms with Crippen LogP contribution in [0.3, 0.4) is 0 Å². The lowest BCUT2D eigenvalue weighted by molar-refractivity contribution is 0.577. The van der Waals surface area contributed by atoms with Crippen molar-refractivity contribution >= 4 is 15.7 Å². The molecule has 4 rings (SSSR count). The number of pyridine rings is 1. The molecule has 2 heterocycles. The predicted octanol–water partition coefficient (Wildman–Crippen LogP) is 4.87. The molecule has 0 radical (unpaired) electrons. The van der Waals surface area contributed by atoms with Crippen LogP contribution in [-0.4, -0.2) is 30.2 Å². The van der Waals surface area contributed by atoms with Crippen molar-refractivity contribution in [2.24, 2.45) is 0 Å². The Kier molecular flexibility index (Phi) is 5.94. The highest BCUT2D eigenvalue weighted by Crippen LogP contribution is 2.38. The van der Waals surface area contributed by atoms with Gasteiger partial charge in [0.15, 0.2) is 5.82 Å². The van der Waals surface area contributed by atoms with Gasteiger partial charge in [0, 0.05) is 37.7 Å². The zero-order valence-electron chi connectivity index (χ0n) is 17.7. The van der Waals surface area contributed by atoms with Gasteiger partial charge in [-0.2, -0.15) is 5.10 Å². The molecule has 0 amide bonds. The summed E-state index contributed by atoms with van der Waals surface area (Å²) in [6.45, 7) is 2.28. The van der Waals surface area contributed by atoms with Gasteiger partial charge in [-0.05, 0) is 55.0 Å². The molecule has 2 aromatic carbocycles. The second kappa shape index (κ2) is 8.70. The highest BCUT2D eigenvalue weighted by molar-refractivity contribution is 7.92. The first-order valence-electron chi connectivity index (χ1n) is 9.94. The quantitative estimate of drug-likeness (QED) is 0.401. The molecule has 0 aliphatic heterocycles. The van der Waals surface area contributed by atoms with E-state index in [9.17, 15) is 17.2 Å². The first-order valence-corrected chi connectivity index (χ1v) is 11.4. The van der Waals surface area contributed by atoms with E-state index >= 15 is 4.39 Å². The van der Waals surface area contributed by atoms with Gasteiger partial charge in [0.1, 0.15) is 17.3 Å². The van der Waals surface area contributed by atoms with Crippen LogP contribution in [0.25, 0.3) is 22.4 Å². The van der Waals surface area contributed by atoms with Gasteiger partial charge in [-0.3, -0.25) is 14.0 Å². The van der Waals surface area contributed by atoms with Crippen molar-refractivity contribution < 1.29 is 21.6 Å². The van der Waals surface area contributed by atoms with Crippen molar-refractivity contribution in [3.05, 3.63) is 84.6 Å². The smallest absolute Gasteiger partial charge is 0.264 e. The lowest BCUT2D eigenvalue weighted by atomic mass is 10.0. The minimum atomic E-state index is -4.31. The fourth-order valence-electron chi connectivity index (χ4n) is 3.43. The number of rotatable bonds is 6. The Bertz CT molecular complexity index is 1420. The van der Waals surface area contributed by atoms with Gasteiger partial charge >= 0.3 is 0 Å². The van der Waals surface area contributed by atoms with Gasteiger partial charge in [0.05, 0.1) is 16.1 Å². The molecule has 170 valence electrons. The van der Waals surface area contributed by atoms with Crippen LogP contribution < -0.4 is 4.31 Å². The van der Waals surface area contributed by atoms with E-state index in [-0.39, 0.29) is 10.6 Å². The minimum Gasteiger partial charge on any atom is -0.272 e. The second-order valence-electron chi connectivity index (χ2n) is 7.17. The zero-order valence-corrected chi connectivity index (χ0v) is 18.5. The number of aryl methyl sites for hydroxylation is 1. The first-order chi connectivity index (χ1) is 15.7. The summed E-state index contributed by atoms with van der Waals surface area (Å²) in [4.78, 5) is 3.60. The summed E-state index contributed by atoms with van der Waals surface area (Å²) in [6.07, 6.45) is 4.75. The molecule has 2 aromatic heterocycles. The van der Waals surface area contributed by atoms with E-state index < -0.39 is 38.7 Å². The first kappa shape index (κ1) is 22.5. The number of nitrogens with zero attached hydrogens (tertiary/aromatic N) is 4. The molecule has 0 saturated heterocycles. The van der Waals surface area contributed by atoms with Crippen molar-refractivity contribution in [1.82, 2.24) is 14.8 Å². The normalized spacial score (nSPS) is 11.5. The van der Waals surface area contributed by atoms with Gasteiger partial charge < -0.3 is 0 Å². The number of sulfonamides is 1. The summed E-state index contributed by atoms with van der Waals surface area (Å²) in [6, 6.07) is 9.73. The van der Waals surface area contributed by atoms with Gasteiger partial charge in [-0.25, -0.2) is 21.6 Å². The molecule has 6 nitrogen and oxygen atoms in total. The average molecular weight is 472 g/mol. The Morgan fingerprint density at radius 2 is 1.76 bits per heavy atom. The van der Waals surface area contributed by atoms with Crippen LogP contribution in [0.15, 0.2) is 72.0 Å². The van der Waals surface area contributed by atoms with Crippen molar-refractivity contribution in [2.75, 3.05) is 11.4 Å². The third-order valence-electron chi connectivity index (χ3n) is 5.18. The maximum absolute atomic E-state index is 15.7. The predicted molar refractivity (Wildman–Crippen MR) is 118 cm³/mol.